The molecular weight excluding hydrogens is 447 g/mol. The Balaban J connectivity index is 1.46. The van der Waals surface area contributed by atoms with Crippen molar-refractivity contribution < 1.29 is 14.3 Å². The Hall–Kier alpha value is -3.77. The standard InChI is InChI=1S/C26H27FN6O2/c1-3-17-7-8-19(20(27)10-17)26(35)32-9-5-4-6-22(32)21-11-24-29-25(16(2)13-33(24)30-21)31-14-18(12-28)23(34)15-31/h3,7-8,10-11,13,18,22-23,34H,1,4-6,9,14-15H2,2H3/t18-,22+,23?/m1/s1. The summed E-state index contributed by atoms with van der Waals surface area (Å²) in [5.74, 6) is -0.646. The van der Waals surface area contributed by atoms with Crippen molar-refractivity contribution in [3.05, 3.63) is 65.2 Å². The van der Waals surface area contributed by atoms with E-state index in [4.69, 9.17) is 10.1 Å². The first-order valence-electron chi connectivity index (χ1n) is 11.8. The fraction of sp³-hybridized carbons (Fsp3) is 0.385. The quantitative estimate of drug-likeness (QED) is 0.622. The van der Waals surface area contributed by atoms with Crippen LogP contribution in [0.5, 0.6) is 0 Å². The van der Waals surface area contributed by atoms with Gasteiger partial charge < -0.3 is 14.9 Å². The number of aliphatic hydroxyl groups excluding tert-OH is 1. The summed E-state index contributed by atoms with van der Waals surface area (Å²) in [6, 6.07) is 8.26. The lowest BCUT2D eigenvalue weighted by Crippen LogP contribution is -2.39. The zero-order chi connectivity index (χ0) is 24.7. The van der Waals surface area contributed by atoms with Crippen LogP contribution in [0.25, 0.3) is 11.7 Å². The average molecular weight is 475 g/mol. The number of likely N-dealkylation sites (tertiary alicyclic amines) is 1. The molecule has 0 saturated carbocycles. The van der Waals surface area contributed by atoms with E-state index < -0.39 is 17.8 Å². The molecule has 2 aliphatic rings. The van der Waals surface area contributed by atoms with Gasteiger partial charge in [-0.2, -0.15) is 10.4 Å². The van der Waals surface area contributed by atoms with Gasteiger partial charge in [0.2, 0.25) is 0 Å². The van der Waals surface area contributed by atoms with Crippen LogP contribution in [-0.2, 0) is 0 Å². The predicted octanol–water partition coefficient (Wildman–Crippen LogP) is 3.51. The van der Waals surface area contributed by atoms with Gasteiger partial charge >= 0.3 is 0 Å². The first-order valence-corrected chi connectivity index (χ1v) is 11.8. The minimum Gasteiger partial charge on any atom is -0.390 e. The molecule has 9 heteroatoms. The maximum Gasteiger partial charge on any atom is 0.257 e. The summed E-state index contributed by atoms with van der Waals surface area (Å²) < 4.78 is 16.4. The van der Waals surface area contributed by atoms with E-state index in [2.05, 4.69) is 12.6 Å². The zero-order valence-electron chi connectivity index (χ0n) is 19.6. The number of amides is 1. The Kier molecular flexibility index (Phi) is 5.99. The number of hydrogen-bond acceptors (Lipinski definition) is 6. The monoisotopic (exact) mass is 474 g/mol. The van der Waals surface area contributed by atoms with Crippen molar-refractivity contribution in [2.75, 3.05) is 24.5 Å². The molecule has 0 radical (unpaired) electrons. The van der Waals surface area contributed by atoms with Crippen molar-refractivity contribution >= 4 is 23.4 Å². The highest BCUT2D eigenvalue weighted by atomic mass is 19.1. The molecule has 1 unspecified atom stereocenters. The number of nitriles is 1. The summed E-state index contributed by atoms with van der Waals surface area (Å²) in [5.41, 5.74) is 2.87. The van der Waals surface area contributed by atoms with Gasteiger partial charge in [-0.05, 0) is 43.9 Å². The fourth-order valence-electron chi connectivity index (χ4n) is 5.06. The summed E-state index contributed by atoms with van der Waals surface area (Å²) in [4.78, 5) is 21.7. The maximum absolute atomic E-state index is 14.7. The molecule has 2 aliphatic heterocycles. The average Bonchev–Trinajstić information content (AvgIpc) is 3.45. The van der Waals surface area contributed by atoms with E-state index in [9.17, 15) is 19.6 Å². The number of nitrogens with zero attached hydrogens (tertiary/aromatic N) is 6. The van der Waals surface area contributed by atoms with E-state index in [1.807, 2.05) is 24.1 Å². The topological polar surface area (TPSA) is 97.8 Å². The van der Waals surface area contributed by atoms with Crippen LogP contribution in [0.2, 0.25) is 0 Å². The Labute approximate surface area is 202 Å². The smallest absolute Gasteiger partial charge is 0.257 e. The number of anilines is 1. The molecule has 3 aromatic rings. The van der Waals surface area contributed by atoms with Gasteiger partial charge in [0.05, 0.1) is 35.4 Å². The lowest BCUT2D eigenvalue weighted by molar-refractivity contribution is 0.0601. The molecule has 5 rings (SSSR count). The van der Waals surface area contributed by atoms with E-state index >= 15 is 0 Å². The molecule has 2 aromatic heterocycles. The molecule has 0 aliphatic carbocycles. The molecule has 4 heterocycles. The summed E-state index contributed by atoms with van der Waals surface area (Å²) >= 11 is 0. The van der Waals surface area contributed by atoms with Gasteiger partial charge in [-0.25, -0.2) is 13.9 Å². The van der Waals surface area contributed by atoms with E-state index in [1.165, 1.54) is 12.1 Å². The lowest BCUT2D eigenvalue weighted by Gasteiger charge is -2.34. The van der Waals surface area contributed by atoms with E-state index in [0.717, 1.165) is 24.8 Å². The third-order valence-corrected chi connectivity index (χ3v) is 6.94. The number of piperidine rings is 1. The summed E-state index contributed by atoms with van der Waals surface area (Å²) in [5, 5.41) is 24.1. The van der Waals surface area contributed by atoms with E-state index in [1.54, 1.807) is 21.6 Å². The van der Waals surface area contributed by atoms with Gasteiger partial charge in [0.25, 0.3) is 5.91 Å². The van der Waals surface area contributed by atoms with Gasteiger partial charge in [0.15, 0.2) is 5.65 Å². The Morgan fingerprint density at radius 3 is 2.86 bits per heavy atom. The number of fused-ring (bicyclic) bond motifs is 1. The number of benzene rings is 1. The first-order chi connectivity index (χ1) is 16.9. The molecule has 180 valence electrons. The lowest BCUT2D eigenvalue weighted by atomic mass is 9.98. The molecular formula is C26H27FN6O2. The first kappa shape index (κ1) is 23.0. The van der Waals surface area contributed by atoms with Crippen LogP contribution in [0, 0.1) is 30.0 Å². The molecule has 8 nitrogen and oxygen atoms in total. The van der Waals surface area contributed by atoms with Crippen LogP contribution in [0.15, 0.2) is 37.0 Å². The number of aliphatic hydroxyl groups is 1. The van der Waals surface area contributed by atoms with Crippen LogP contribution in [0.3, 0.4) is 0 Å². The molecule has 3 atom stereocenters. The Bertz CT molecular complexity index is 1350. The van der Waals surface area contributed by atoms with Crippen LogP contribution < -0.4 is 4.90 Å². The van der Waals surface area contributed by atoms with Gasteiger partial charge in [0.1, 0.15) is 11.6 Å². The van der Waals surface area contributed by atoms with E-state index in [-0.39, 0.29) is 17.5 Å². The summed E-state index contributed by atoms with van der Waals surface area (Å²) in [6.07, 6.45) is 5.23. The van der Waals surface area contributed by atoms with Crippen molar-refractivity contribution in [3.8, 4) is 6.07 Å². The van der Waals surface area contributed by atoms with Crippen LogP contribution >= 0.6 is 0 Å². The third-order valence-electron chi connectivity index (χ3n) is 6.94. The highest BCUT2D eigenvalue weighted by Gasteiger charge is 2.34. The molecule has 2 saturated heterocycles. The van der Waals surface area contributed by atoms with Crippen LogP contribution in [-0.4, -0.2) is 56.2 Å². The van der Waals surface area contributed by atoms with E-state index in [0.29, 0.717) is 42.4 Å². The predicted molar refractivity (Wildman–Crippen MR) is 129 cm³/mol. The highest BCUT2D eigenvalue weighted by molar-refractivity contribution is 5.95. The van der Waals surface area contributed by atoms with Crippen molar-refractivity contribution in [3.63, 3.8) is 0 Å². The number of aryl methyl sites for hydroxylation is 1. The Morgan fingerprint density at radius 1 is 1.31 bits per heavy atom. The number of halogens is 1. The van der Waals surface area contributed by atoms with Gasteiger partial charge in [0, 0.05) is 37.5 Å². The maximum atomic E-state index is 14.7. The second-order valence-corrected chi connectivity index (χ2v) is 9.28. The molecule has 1 N–H and O–H groups in total. The minimum absolute atomic E-state index is 0.0437. The minimum atomic E-state index is -0.708. The molecule has 1 aromatic carbocycles. The van der Waals surface area contributed by atoms with Crippen molar-refractivity contribution in [1.82, 2.24) is 19.5 Å². The second-order valence-electron chi connectivity index (χ2n) is 9.28. The largest absolute Gasteiger partial charge is 0.390 e. The van der Waals surface area contributed by atoms with Crippen molar-refractivity contribution in [2.45, 2.75) is 38.3 Å². The summed E-state index contributed by atoms with van der Waals surface area (Å²) in [7, 11) is 0. The third kappa shape index (κ3) is 4.15. The number of carbonyl (C=O) groups excluding carboxylic acids is 1. The summed E-state index contributed by atoms with van der Waals surface area (Å²) in [6.45, 7) is 6.87. The molecule has 2 fully saturated rings. The second kappa shape index (κ2) is 9.12. The van der Waals surface area contributed by atoms with Crippen molar-refractivity contribution in [1.29, 1.82) is 5.26 Å². The molecule has 35 heavy (non-hydrogen) atoms. The molecule has 0 bridgehead atoms. The van der Waals surface area contributed by atoms with Crippen LogP contribution in [0.1, 0.15) is 52.5 Å². The number of β-amino-alcohol motifs (C(OH)–C–C–N with tert-alkyl or cyclic N) is 1. The van der Waals surface area contributed by atoms with Crippen molar-refractivity contribution in [2.24, 2.45) is 5.92 Å². The SMILES string of the molecule is C=Cc1ccc(C(=O)N2CCCC[C@H]2c2cc3nc(N4CC(O)[C@H](C#N)C4)c(C)cn3n2)c(F)c1. The molecule has 0 spiro atoms. The highest BCUT2D eigenvalue weighted by Crippen LogP contribution is 2.33. The fourth-order valence-corrected chi connectivity index (χ4v) is 5.06. The number of rotatable bonds is 4. The van der Waals surface area contributed by atoms with Gasteiger partial charge in [-0.15, -0.1) is 0 Å². The van der Waals surface area contributed by atoms with Gasteiger partial charge in [-0.1, -0.05) is 18.7 Å². The number of hydrogen-bond donors (Lipinski definition) is 1. The number of carbonyl (C=O) groups is 1. The van der Waals surface area contributed by atoms with Crippen LogP contribution in [0.4, 0.5) is 10.2 Å². The number of aromatic nitrogens is 3. The molecule has 1 amide bonds. The zero-order valence-corrected chi connectivity index (χ0v) is 19.6. The Morgan fingerprint density at radius 2 is 2.14 bits per heavy atom. The normalized spacial score (nSPS) is 22.4. The van der Waals surface area contributed by atoms with Gasteiger partial charge in [-0.3, -0.25) is 4.79 Å².